The summed E-state index contributed by atoms with van der Waals surface area (Å²) in [5, 5.41) is 24.3. The third-order valence-electron chi connectivity index (χ3n) is 3.95. The number of hydrogen-bond acceptors (Lipinski definition) is 5. The highest BCUT2D eigenvalue weighted by Gasteiger charge is 2.18. The van der Waals surface area contributed by atoms with Gasteiger partial charge in [-0.2, -0.15) is 5.10 Å². The molecular formula is C19H21N3O3. The zero-order valence-corrected chi connectivity index (χ0v) is 14.0. The maximum absolute atomic E-state index is 10.5. The molecule has 3 rings (SSSR count). The Hall–Kier alpha value is -2.70. The Morgan fingerprint density at radius 3 is 2.44 bits per heavy atom. The molecule has 1 aromatic heterocycles. The lowest BCUT2D eigenvalue weighted by atomic mass is 10.1. The van der Waals surface area contributed by atoms with Crippen molar-refractivity contribution < 1.29 is 14.9 Å². The van der Waals surface area contributed by atoms with Gasteiger partial charge in [-0.1, -0.05) is 42.5 Å². The molecule has 130 valence electrons. The second kappa shape index (κ2) is 7.92. The molecule has 25 heavy (non-hydrogen) atoms. The molecule has 3 aromatic rings. The zero-order chi connectivity index (χ0) is 17.6. The molecule has 0 radical (unpaired) electrons. The Labute approximate surface area is 146 Å². The summed E-state index contributed by atoms with van der Waals surface area (Å²) in [5.41, 5.74) is 1.77. The monoisotopic (exact) mass is 339 g/mol. The van der Waals surface area contributed by atoms with Gasteiger partial charge in [0.2, 0.25) is 0 Å². The van der Waals surface area contributed by atoms with Crippen molar-refractivity contribution in [3.8, 4) is 5.75 Å². The number of aliphatic hydroxyl groups is 2. The minimum atomic E-state index is -0.893. The van der Waals surface area contributed by atoms with Crippen molar-refractivity contribution in [1.82, 2.24) is 14.8 Å². The molecule has 1 atom stereocenters. The summed E-state index contributed by atoms with van der Waals surface area (Å²) in [5.74, 6) is 1.77. The van der Waals surface area contributed by atoms with Gasteiger partial charge in [-0.3, -0.25) is 0 Å². The third-order valence-corrected chi connectivity index (χ3v) is 3.95. The summed E-state index contributed by atoms with van der Waals surface area (Å²) in [6, 6.07) is 17.0. The van der Waals surface area contributed by atoms with E-state index in [1.165, 1.54) is 0 Å². The number of rotatable bonds is 7. The van der Waals surface area contributed by atoms with E-state index in [2.05, 4.69) is 10.1 Å². The second-order valence-electron chi connectivity index (χ2n) is 5.68. The van der Waals surface area contributed by atoms with E-state index >= 15 is 0 Å². The Morgan fingerprint density at radius 1 is 1.08 bits per heavy atom. The van der Waals surface area contributed by atoms with E-state index in [-0.39, 0.29) is 6.61 Å². The summed E-state index contributed by atoms with van der Waals surface area (Å²) < 4.78 is 6.89. The molecule has 0 aliphatic carbocycles. The zero-order valence-electron chi connectivity index (χ0n) is 14.0. The van der Waals surface area contributed by atoms with E-state index in [1.807, 2.05) is 54.6 Å². The Balaban J connectivity index is 1.86. The summed E-state index contributed by atoms with van der Waals surface area (Å²) >= 11 is 0. The fraction of sp³-hybridized carbons (Fsp3) is 0.263. The topological polar surface area (TPSA) is 80.4 Å². The molecule has 0 bridgehead atoms. The first-order valence-corrected chi connectivity index (χ1v) is 8.11. The number of methoxy groups -OCH3 is 1. The van der Waals surface area contributed by atoms with E-state index in [1.54, 1.807) is 11.8 Å². The van der Waals surface area contributed by atoms with Crippen LogP contribution in [0.1, 0.15) is 28.9 Å². The van der Waals surface area contributed by atoms with Crippen LogP contribution in [0.5, 0.6) is 5.75 Å². The summed E-state index contributed by atoms with van der Waals surface area (Å²) in [4.78, 5) is 4.42. The fourth-order valence-electron chi connectivity index (χ4n) is 2.61. The Kier molecular flexibility index (Phi) is 5.42. The van der Waals surface area contributed by atoms with Gasteiger partial charge in [0.05, 0.1) is 20.3 Å². The Bertz CT molecular complexity index is 801. The molecule has 2 N–H and O–H groups in total. The number of aromatic nitrogens is 3. The van der Waals surface area contributed by atoms with Gasteiger partial charge in [0, 0.05) is 6.42 Å². The molecule has 0 saturated heterocycles. The van der Waals surface area contributed by atoms with Crippen molar-refractivity contribution in [3.63, 3.8) is 0 Å². The van der Waals surface area contributed by atoms with E-state index in [4.69, 9.17) is 4.74 Å². The predicted octanol–water partition coefficient (Wildman–Crippen LogP) is 1.95. The average Bonchev–Trinajstić information content (AvgIpc) is 3.05. The van der Waals surface area contributed by atoms with Crippen molar-refractivity contribution in [2.45, 2.75) is 19.1 Å². The fourth-order valence-corrected chi connectivity index (χ4v) is 2.61. The number of hydrogen-bond donors (Lipinski definition) is 2. The molecule has 0 fully saturated rings. The Morgan fingerprint density at radius 2 is 1.80 bits per heavy atom. The molecular weight excluding hydrogens is 318 g/mol. The average molecular weight is 339 g/mol. The van der Waals surface area contributed by atoms with Crippen molar-refractivity contribution in [2.24, 2.45) is 0 Å². The maximum atomic E-state index is 10.5. The lowest BCUT2D eigenvalue weighted by Crippen LogP contribution is -2.09. The van der Waals surface area contributed by atoms with Crippen LogP contribution < -0.4 is 4.74 Å². The molecule has 0 spiro atoms. The highest BCUT2D eigenvalue weighted by atomic mass is 16.5. The van der Waals surface area contributed by atoms with E-state index < -0.39 is 6.10 Å². The first kappa shape index (κ1) is 17.1. The molecule has 0 aliphatic heterocycles. The molecule has 0 unspecified atom stereocenters. The molecule has 2 aromatic carbocycles. The van der Waals surface area contributed by atoms with Crippen LogP contribution in [0.15, 0.2) is 54.6 Å². The van der Waals surface area contributed by atoms with Gasteiger partial charge < -0.3 is 14.9 Å². The van der Waals surface area contributed by atoms with Crippen LogP contribution in [0.4, 0.5) is 0 Å². The molecule has 0 saturated carbocycles. The van der Waals surface area contributed by atoms with Crippen LogP contribution in [-0.2, 0) is 13.0 Å². The second-order valence-corrected chi connectivity index (χ2v) is 5.68. The van der Waals surface area contributed by atoms with Crippen LogP contribution in [0.2, 0.25) is 0 Å². The van der Waals surface area contributed by atoms with Crippen LogP contribution in [0, 0.1) is 0 Å². The first-order chi connectivity index (χ1) is 12.2. The lowest BCUT2D eigenvalue weighted by Gasteiger charge is -2.07. The van der Waals surface area contributed by atoms with Gasteiger partial charge in [0.15, 0.2) is 5.82 Å². The normalized spacial score (nSPS) is 12.1. The highest BCUT2D eigenvalue weighted by molar-refractivity contribution is 5.27. The van der Waals surface area contributed by atoms with Crippen molar-refractivity contribution >= 4 is 0 Å². The van der Waals surface area contributed by atoms with E-state index in [9.17, 15) is 10.2 Å². The smallest absolute Gasteiger partial charge is 0.183 e. The molecule has 0 amide bonds. The number of benzene rings is 2. The van der Waals surface area contributed by atoms with Gasteiger partial charge in [0.1, 0.15) is 17.7 Å². The SMILES string of the molecule is COc1ccc(Cn2nc([C@@H](O)c3ccccc3)nc2CCO)cc1. The molecule has 6 heteroatoms. The van der Waals surface area contributed by atoms with E-state index in [0.29, 0.717) is 24.6 Å². The first-order valence-electron chi connectivity index (χ1n) is 8.11. The minimum absolute atomic E-state index is 0.0256. The molecule has 6 nitrogen and oxygen atoms in total. The third kappa shape index (κ3) is 4.04. The number of nitrogens with zero attached hydrogens (tertiary/aromatic N) is 3. The van der Waals surface area contributed by atoms with Crippen molar-refractivity contribution in [3.05, 3.63) is 77.4 Å². The van der Waals surface area contributed by atoms with Gasteiger partial charge in [-0.05, 0) is 23.3 Å². The summed E-state index contributed by atoms with van der Waals surface area (Å²) in [6.45, 7) is 0.482. The molecule has 1 heterocycles. The highest BCUT2D eigenvalue weighted by Crippen LogP contribution is 2.20. The standard InChI is InChI=1S/C19H21N3O3/c1-25-16-9-7-14(8-10-16)13-22-17(11-12-23)20-19(21-22)18(24)15-5-3-2-4-6-15/h2-10,18,23-24H,11-13H2,1H3/t18-/m0/s1. The minimum Gasteiger partial charge on any atom is -0.497 e. The van der Waals surface area contributed by atoms with Crippen LogP contribution in [-0.4, -0.2) is 38.7 Å². The van der Waals surface area contributed by atoms with E-state index in [0.717, 1.165) is 16.9 Å². The van der Waals surface area contributed by atoms with Crippen LogP contribution in [0.25, 0.3) is 0 Å². The van der Waals surface area contributed by atoms with Crippen molar-refractivity contribution in [2.75, 3.05) is 13.7 Å². The maximum Gasteiger partial charge on any atom is 0.183 e. The number of aliphatic hydroxyl groups excluding tert-OH is 2. The quantitative estimate of drug-likeness (QED) is 0.688. The lowest BCUT2D eigenvalue weighted by molar-refractivity contribution is 0.209. The largest absolute Gasteiger partial charge is 0.497 e. The van der Waals surface area contributed by atoms with Crippen LogP contribution >= 0.6 is 0 Å². The molecule has 0 aliphatic rings. The van der Waals surface area contributed by atoms with Gasteiger partial charge in [-0.15, -0.1) is 0 Å². The summed E-state index contributed by atoms with van der Waals surface area (Å²) in [7, 11) is 1.63. The van der Waals surface area contributed by atoms with Crippen molar-refractivity contribution in [1.29, 1.82) is 0 Å². The predicted molar refractivity (Wildman–Crippen MR) is 93.4 cm³/mol. The van der Waals surface area contributed by atoms with Gasteiger partial charge >= 0.3 is 0 Å². The summed E-state index contributed by atoms with van der Waals surface area (Å²) in [6.07, 6.45) is -0.513. The van der Waals surface area contributed by atoms with Gasteiger partial charge in [-0.25, -0.2) is 9.67 Å². The van der Waals surface area contributed by atoms with Crippen LogP contribution in [0.3, 0.4) is 0 Å². The van der Waals surface area contributed by atoms with Gasteiger partial charge in [0.25, 0.3) is 0 Å². The number of ether oxygens (including phenoxy) is 1.